The van der Waals surface area contributed by atoms with E-state index < -0.39 is 0 Å². The highest BCUT2D eigenvalue weighted by atomic mass is 16.3. The number of hydrogen-bond acceptors (Lipinski definition) is 3. The van der Waals surface area contributed by atoms with Crippen molar-refractivity contribution < 1.29 is 14.3 Å². The Morgan fingerprint density at radius 1 is 1.33 bits per heavy atom. The molecule has 1 aliphatic carbocycles. The predicted octanol–water partition coefficient (Wildman–Crippen LogP) is 2.05. The van der Waals surface area contributed by atoms with Gasteiger partial charge in [0.1, 0.15) is 11.5 Å². The van der Waals surface area contributed by atoms with Gasteiger partial charge in [-0.1, -0.05) is 0 Å². The number of furan rings is 1. The molecule has 0 aliphatic heterocycles. The van der Waals surface area contributed by atoms with Crippen molar-refractivity contribution in [3.63, 3.8) is 0 Å². The van der Waals surface area contributed by atoms with E-state index in [1.54, 1.807) is 4.90 Å². The standard InChI is InChI=1S/C14H21NO3/c1-8-9(2)18-10(3)13(8)14(17)15(4)7-11-5-12(16)6-11/h11-12,16H,5-7H2,1-4H3. The van der Waals surface area contributed by atoms with Crippen molar-refractivity contribution in [1.29, 1.82) is 0 Å². The van der Waals surface area contributed by atoms with Crippen molar-refractivity contribution in [3.8, 4) is 0 Å². The lowest BCUT2D eigenvalue weighted by atomic mass is 9.82. The van der Waals surface area contributed by atoms with E-state index in [0.29, 0.717) is 23.8 Å². The molecule has 1 aliphatic rings. The maximum absolute atomic E-state index is 12.4. The maximum atomic E-state index is 12.4. The molecular formula is C14H21NO3. The summed E-state index contributed by atoms with van der Waals surface area (Å²) in [6, 6.07) is 0. The lowest BCUT2D eigenvalue weighted by molar-refractivity contribution is 0.0264. The van der Waals surface area contributed by atoms with Crippen molar-refractivity contribution in [2.75, 3.05) is 13.6 Å². The smallest absolute Gasteiger partial charge is 0.257 e. The normalized spacial score (nSPS) is 22.7. The van der Waals surface area contributed by atoms with E-state index in [1.807, 2.05) is 27.8 Å². The van der Waals surface area contributed by atoms with E-state index in [2.05, 4.69) is 0 Å². The minimum atomic E-state index is -0.168. The molecule has 100 valence electrons. The Bertz CT molecular complexity index is 458. The largest absolute Gasteiger partial charge is 0.466 e. The van der Waals surface area contributed by atoms with Crippen LogP contribution in [0.4, 0.5) is 0 Å². The molecule has 0 radical (unpaired) electrons. The fourth-order valence-corrected chi connectivity index (χ4v) is 2.62. The number of hydrogen-bond donors (Lipinski definition) is 1. The van der Waals surface area contributed by atoms with E-state index in [4.69, 9.17) is 4.42 Å². The first-order valence-corrected chi connectivity index (χ1v) is 6.40. The topological polar surface area (TPSA) is 53.7 Å². The van der Waals surface area contributed by atoms with Gasteiger partial charge in [0.05, 0.1) is 11.7 Å². The second-order valence-corrected chi connectivity index (χ2v) is 5.39. The highest BCUT2D eigenvalue weighted by Gasteiger charge is 2.30. The summed E-state index contributed by atoms with van der Waals surface area (Å²) in [5.41, 5.74) is 1.62. The molecule has 2 rings (SSSR count). The summed E-state index contributed by atoms with van der Waals surface area (Å²) in [6.07, 6.45) is 1.44. The number of nitrogens with zero attached hydrogens (tertiary/aromatic N) is 1. The van der Waals surface area contributed by atoms with Gasteiger partial charge in [-0.3, -0.25) is 4.79 Å². The summed E-state index contributed by atoms with van der Waals surface area (Å²) in [5, 5.41) is 9.26. The highest BCUT2D eigenvalue weighted by Crippen LogP contribution is 2.29. The fourth-order valence-electron chi connectivity index (χ4n) is 2.62. The average molecular weight is 251 g/mol. The number of carbonyl (C=O) groups is 1. The van der Waals surface area contributed by atoms with Gasteiger partial charge in [-0.2, -0.15) is 0 Å². The van der Waals surface area contributed by atoms with Gasteiger partial charge >= 0.3 is 0 Å². The van der Waals surface area contributed by atoms with Gasteiger partial charge < -0.3 is 14.4 Å². The monoisotopic (exact) mass is 251 g/mol. The average Bonchev–Trinajstić information content (AvgIpc) is 2.50. The minimum absolute atomic E-state index is 0.0169. The third kappa shape index (κ3) is 2.29. The molecule has 0 bridgehead atoms. The maximum Gasteiger partial charge on any atom is 0.257 e. The Morgan fingerprint density at radius 2 is 1.94 bits per heavy atom. The van der Waals surface area contributed by atoms with Gasteiger partial charge in [0.15, 0.2) is 0 Å². The molecule has 0 unspecified atom stereocenters. The number of rotatable bonds is 3. The molecule has 0 spiro atoms. The van der Waals surface area contributed by atoms with Crippen LogP contribution in [0.2, 0.25) is 0 Å². The lowest BCUT2D eigenvalue weighted by Gasteiger charge is -2.34. The SMILES string of the molecule is Cc1oc(C)c(C(=O)N(C)CC2CC(O)C2)c1C. The quantitative estimate of drug-likeness (QED) is 0.894. The Morgan fingerprint density at radius 3 is 2.39 bits per heavy atom. The second-order valence-electron chi connectivity index (χ2n) is 5.39. The Labute approximate surface area is 108 Å². The Hall–Kier alpha value is -1.29. The molecule has 0 atom stereocenters. The van der Waals surface area contributed by atoms with Crippen LogP contribution in [0.1, 0.15) is 40.3 Å². The molecular weight excluding hydrogens is 230 g/mol. The van der Waals surface area contributed by atoms with Crippen molar-refractivity contribution in [3.05, 3.63) is 22.6 Å². The van der Waals surface area contributed by atoms with Crippen LogP contribution in [0.5, 0.6) is 0 Å². The first kappa shape index (κ1) is 13.1. The van der Waals surface area contributed by atoms with Gasteiger partial charge in [-0.25, -0.2) is 0 Å². The van der Waals surface area contributed by atoms with Crippen LogP contribution in [0.25, 0.3) is 0 Å². The van der Waals surface area contributed by atoms with Gasteiger partial charge in [-0.05, 0) is 39.5 Å². The zero-order valence-electron chi connectivity index (χ0n) is 11.5. The van der Waals surface area contributed by atoms with Gasteiger partial charge in [0.25, 0.3) is 5.91 Å². The van der Waals surface area contributed by atoms with Crippen LogP contribution in [-0.2, 0) is 0 Å². The Balaban J connectivity index is 2.06. The molecule has 1 aromatic heterocycles. The van der Waals surface area contributed by atoms with E-state index in [9.17, 15) is 9.90 Å². The van der Waals surface area contributed by atoms with E-state index >= 15 is 0 Å². The van der Waals surface area contributed by atoms with Crippen LogP contribution in [0.15, 0.2) is 4.42 Å². The summed E-state index contributed by atoms with van der Waals surface area (Å²) < 4.78 is 5.49. The first-order chi connectivity index (χ1) is 8.40. The van der Waals surface area contributed by atoms with E-state index in [1.165, 1.54) is 0 Å². The van der Waals surface area contributed by atoms with Crippen molar-refractivity contribution >= 4 is 5.91 Å². The first-order valence-electron chi connectivity index (χ1n) is 6.40. The van der Waals surface area contributed by atoms with E-state index in [-0.39, 0.29) is 12.0 Å². The number of aryl methyl sites for hydroxylation is 2. The van der Waals surface area contributed by atoms with Crippen LogP contribution in [-0.4, -0.2) is 35.6 Å². The van der Waals surface area contributed by atoms with Crippen molar-refractivity contribution in [1.82, 2.24) is 4.90 Å². The molecule has 1 aromatic rings. The third-order valence-corrected chi connectivity index (χ3v) is 3.86. The molecule has 1 N–H and O–H groups in total. The van der Waals surface area contributed by atoms with Gasteiger partial charge in [0, 0.05) is 19.2 Å². The van der Waals surface area contributed by atoms with Crippen LogP contribution in [0.3, 0.4) is 0 Å². The third-order valence-electron chi connectivity index (χ3n) is 3.86. The molecule has 1 saturated carbocycles. The summed E-state index contributed by atoms with van der Waals surface area (Å²) in [6.45, 7) is 6.33. The van der Waals surface area contributed by atoms with Crippen molar-refractivity contribution in [2.24, 2.45) is 5.92 Å². The second kappa shape index (κ2) is 4.76. The molecule has 1 heterocycles. The number of aliphatic hydroxyl groups excluding tert-OH is 1. The summed E-state index contributed by atoms with van der Waals surface area (Å²) in [7, 11) is 1.81. The van der Waals surface area contributed by atoms with Crippen molar-refractivity contribution in [2.45, 2.75) is 39.7 Å². The number of carbonyl (C=O) groups excluding carboxylic acids is 1. The molecule has 18 heavy (non-hydrogen) atoms. The van der Waals surface area contributed by atoms with Crippen LogP contribution in [0, 0.1) is 26.7 Å². The zero-order valence-corrected chi connectivity index (χ0v) is 11.5. The fraction of sp³-hybridized carbons (Fsp3) is 0.643. The molecule has 0 saturated heterocycles. The molecule has 4 heteroatoms. The predicted molar refractivity (Wildman–Crippen MR) is 68.6 cm³/mol. The highest BCUT2D eigenvalue weighted by molar-refractivity contribution is 5.96. The number of aliphatic hydroxyl groups is 1. The summed E-state index contributed by atoms with van der Waals surface area (Å²) >= 11 is 0. The molecule has 4 nitrogen and oxygen atoms in total. The Kier molecular flexibility index (Phi) is 3.48. The summed E-state index contributed by atoms with van der Waals surface area (Å²) in [4.78, 5) is 14.1. The summed E-state index contributed by atoms with van der Waals surface area (Å²) in [5.74, 6) is 1.95. The van der Waals surface area contributed by atoms with E-state index in [0.717, 1.165) is 24.2 Å². The number of amides is 1. The molecule has 0 aromatic carbocycles. The molecule has 1 fully saturated rings. The van der Waals surface area contributed by atoms with Gasteiger partial charge in [-0.15, -0.1) is 0 Å². The van der Waals surface area contributed by atoms with Gasteiger partial charge in [0.2, 0.25) is 0 Å². The van der Waals surface area contributed by atoms with Crippen LogP contribution >= 0.6 is 0 Å². The lowest BCUT2D eigenvalue weighted by Crippen LogP contribution is -2.39. The zero-order chi connectivity index (χ0) is 13.4. The van der Waals surface area contributed by atoms with Crippen LogP contribution < -0.4 is 0 Å². The molecule has 1 amide bonds. The minimum Gasteiger partial charge on any atom is -0.466 e.